The van der Waals surface area contributed by atoms with Gasteiger partial charge in [0.15, 0.2) is 0 Å². The molecule has 0 heterocycles. The van der Waals surface area contributed by atoms with Gasteiger partial charge in [-0.3, -0.25) is 9.59 Å². The number of aliphatic hydroxyl groups excluding tert-OH is 2. The van der Waals surface area contributed by atoms with Crippen LogP contribution in [0.5, 0.6) is 0 Å². The summed E-state index contributed by atoms with van der Waals surface area (Å²) in [4.78, 5) is 26.0. The maximum Gasteiger partial charge on any atom is 0.306 e. The van der Waals surface area contributed by atoms with Gasteiger partial charge in [0.05, 0.1) is 25.2 Å². The molecule has 0 bridgehead atoms. The monoisotopic (exact) mass is 858 g/mol. The van der Waals surface area contributed by atoms with Crippen molar-refractivity contribution in [2.24, 2.45) is 0 Å². The molecule has 0 aliphatic carbocycles. The minimum absolute atomic E-state index is 0.0558. The Bertz CT molecular complexity index is 1330. The van der Waals surface area contributed by atoms with E-state index < -0.39 is 18.2 Å². The highest BCUT2D eigenvalue weighted by Crippen LogP contribution is 2.16. The van der Waals surface area contributed by atoms with Crippen LogP contribution in [0.25, 0.3) is 0 Å². The van der Waals surface area contributed by atoms with Gasteiger partial charge in [-0.1, -0.05) is 245 Å². The normalized spacial score (nSPS) is 14.3. The van der Waals surface area contributed by atoms with E-state index in [9.17, 15) is 19.8 Å². The second-order valence-electron chi connectivity index (χ2n) is 16.2. The SMILES string of the molecule is CC/C=C/C=C/C=C\C=C/C=C/CC(CC(=O)NC(CO)C(O)CCCCCCCCCCCCCCCCCC)OC(=O)CC/C=C/C/C=C/C/C=C/C/C=C/C/C=C/CC. The molecule has 62 heavy (non-hydrogen) atoms. The molecule has 0 aromatic rings. The minimum atomic E-state index is -0.837. The summed E-state index contributed by atoms with van der Waals surface area (Å²) < 4.78 is 5.78. The van der Waals surface area contributed by atoms with Crippen LogP contribution < -0.4 is 5.32 Å². The number of nitrogens with one attached hydrogen (secondary N) is 1. The Kier molecular flexibility index (Phi) is 45.4. The van der Waals surface area contributed by atoms with Crippen molar-refractivity contribution in [3.8, 4) is 0 Å². The van der Waals surface area contributed by atoms with Gasteiger partial charge < -0.3 is 20.3 Å². The van der Waals surface area contributed by atoms with Crippen molar-refractivity contribution in [1.82, 2.24) is 5.32 Å². The molecule has 6 nitrogen and oxygen atoms in total. The number of ether oxygens (including phenoxy) is 1. The lowest BCUT2D eigenvalue weighted by atomic mass is 10.0. The molecular weight excluding hydrogens is 767 g/mol. The molecule has 0 fully saturated rings. The lowest BCUT2D eigenvalue weighted by Crippen LogP contribution is -2.46. The Morgan fingerprint density at radius 3 is 1.40 bits per heavy atom. The third-order valence-electron chi connectivity index (χ3n) is 10.4. The van der Waals surface area contributed by atoms with E-state index in [0.717, 1.165) is 57.8 Å². The van der Waals surface area contributed by atoms with Gasteiger partial charge in [0, 0.05) is 12.8 Å². The molecule has 3 unspecified atom stereocenters. The number of carbonyl (C=O) groups is 2. The highest BCUT2D eigenvalue weighted by atomic mass is 16.5. The van der Waals surface area contributed by atoms with Crippen LogP contribution in [0.4, 0.5) is 0 Å². The van der Waals surface area contributed by atoms with Crippen molar-refractivity contribution in [1.29, 1.82) is 0 Å². The molecule has 0 aliphatic heterocycles. The van der Waals surface area contributed by atoms with Crippen molar-refractivity contribution in [3.05, 3.63) is 122 Å². The summed E-state index contributed by atoms with van der Waals surface area (Å²) in [5.74, 6) is -0.719. The zero-order chi connectivity index (χ0) is 45.2. The lowest BCUT2D eigenvalue weighted by Gasteiger charge is -2.24. The largest absolute Gasteiger partial charge is 0.461 e. The first-order valence-electron chi connectivity index (χ1n) is 24.8. The number of esters is 1. The number of amides is 1. The fourth-order valence-electron chi connectivity index (χ4n) is 6.73. The highest BCUT2D eigenvalue weighted by Gasteiger charge is 2.23. The second kappa shape index (κ2) is 48.3. The van der Waals surface area contributed by atoms with E-state index in [-0.39, 0.29) is 31.3 Å². The van der Waals surface area contributed by atoms with Crippen LogP contribution in [-0.4, -0.2) is 46.9 Å². The van der Waals surface area contributed by atoms with Crippen molar-refractivity contribution in [2.45, 2.75) is 212 Å². The fourth-order valence-corrected chi connectivity index (χ4v) is 6.73. The maximum absolute atomic E-state index is 13.1. The number of unbranched alkanes of at least 4 members (excludes halogenated alkanes) is 15. The summed E-state index contributed by atoms with van der Waals surface area (Å²) in [6.45, 7) is 6.15. The standard InChI is InChI=1S/C56H91NO5/c1-4-7-10-13-16-19-22-24-26-28-30-33-36-39-42-45-48-54(59)53(51-58)57-55(60)50-52(47-44-41-38-35-32-21-18-15-12-9-6-3)62-56(61)49-46-43-40-37-34-31-29-27-25-23-20-17-14-11-8-5-2/h8-9,11-12,15,17-18,20-21,25,27,31-32,34-35,38,40-41,43-44,52-54,58-59H,4-7,10,13-14,16,19,22-24,26,28-30,33,36-37,39,42,45-51H2,1-3H3,(H,57,60)/b11-8+,12-9+,18-15+,20-17+,27-25+,32-21-,34-31+,38-35-,43-40+,44-41+. The maximum atomic E-state index is 13.1. The lowest BCUT2D eigenvalue weighted by molar-refractivity contribution is -0.150. The Hall–Kier alpha value is -3.74. The molecule has 6 heteroatoms. The van der Waals surface area contributed by atoms with E-state index >= 15 is 0 Å². The predicted molar refractivity (Wildman–Crippen MR) is 268 cm³/mol. The third-order valence-corrected chi connectivity index (χ3v) is 10.4. The van der Waals surface area contributed by atoms with Crippen molar-refractivity contribution in [3.63, 3.8) is 0 Å². The molecule has 3 N–H and O–H groups in total. The molecule has 3 atom stereocenters. The second-order valence-corrected chi connectivity index (χ2v) is 16.2. The predicted octanol–water partition coefficient (Wildman–Crippen LogP) is 14.9. The number of hydrogen-bond donors (Lipinski definition) is 3. The van der Waals surface area contributed by atoms with Crippen LogP contribution in [0.1, 0.15) is 194 Å². The van der Waals surface area contributed by atoms with E-state index in [1.54, 1.807) is 0 Å². The smallest absolute Gasteiger partial charge is 0.306 e. The summed E-state index contributed by atoms with van der Waals surface area (Å²) in [5, 5.41) is 23.7. The quantitative estimate of drug-likeness (QED) is 0.0246. The molecule has 350 valence electrons. The van der Waals surface area contributed by atoms with Crippen LogP contribution >= 0.6 is 0 Å². The Morgan fingerprint density at radius 2 is 0.935 bits per heavy atom. The van der Waals surface area contributed by atoms with Crippen LogP contribution in [0.15, 0.2) is 122 Å². The molecule has 0 saturated heterocycles. The van der Waals surface area contributed by atoms with Crippen LogP contribution in [0, 0.1) is 0 Å². The van der Waals surface area contributed by atoms with Crippen LogP contribution in [0.2, 0.25) is 0 Å². The van der Waals surface area contributed by atoms with Gasteiger partial charge in [-0.25, -0.2) is 0 Å². The molecule has 0 spiro atoms. The molecule has 0 rings (SSSR count). The van der Waals surface area contributed by atoms with E-state index in [4.69, 9.17) is 4.74 Å². The Labute approximate surface area is 380 Å². The zero-order valence-corrected chi connectivity index (χ0v) is 39.7. The van der Waals surface area contributed by atoms with Gasteiger partial charge in [0.25, 0.3) is 0 Å². The van der Waals surface area contributed by atoms with Crippen molar-refractivity contribution >= 4 is 11.9 Å². The number of aliphatic hydroxyl groups is 2. The number of rotatable bonds is 42. The first-order valence-corrected chi connectivity index (χ1v) is 24.8. The minimum Gasteiger partial charge on any atom is -0.461 e. The van der Waals surface area contributed by atoms with Crippen LogP contribution in [-0.2, 0) is 14.3 Å². The molecule has 0 saturated carbocycles. The Balaban J connectivity index is 4.75. The average Bonchev–Trinajstić information content (AvgIpc) is 3.26. The third kappa shape index (κ3) is 42.9. The molecule has 0 radical (unpaired) electrons. The number of hydrogen-bond acceptors (Lipinski definition) is 5. The number of carbonyl (C=O) groups excluding carboxylic acids is 2. The molecule has 0 aromatic heterocycles. The van der Waals surface area contributed by atoms with E-state index in [1.807, 2.05) is 66.8 Å². The summed E-state index contributed by atoms with van der Waals surface area (Å²) in [5.41, 5.74) is 0. The van der Waals surface area contributed by atoms with Crippen LogP contribution in [0.3, 0.4) is 0 Å². The molecule has 1 amide bonds. The molecule has 0 aromatic carbocycles. The van der Waals surface area contributed by atoms with Gasteiger partial charge in [-0.2, -0.15) is 0 Å². The van der Waals surface area contributed by atoms with E-state index in [0.29, 0.717) is 19.3 Å². The van der Waals surface area contributed by atoms with Gasteiger partial charge in [0.2, 0.25) is 5.91 Å². The summed E-state index contributed by atoms with van der Waals surface area (Å²) in [7, 11) is 0. The fraction of sp³-hybridized carbons (Fsp3) is 0.607. The average molecular weight is 858 g/mol. The first-order chi connectivity index (χ1) is 30.5. The highest BCUT2D eigenvalue weighted by molar-refractivity contribution is 5.77. The van der Waals surface area contributed by atoms with E-state index in [1.165, 1.54) is 83.5 Å². The topological polar surface area (TPSA) is 95.9 Å². The summed E-state index contributed by atoms with van der Waals surface area (Å²) >= 11 is 0. The number of allylic oxidation sites excluding steroid dienone is 19. The zero-order valence-electron chi connectivity index (χ0n) is 39.7. The van der Waals surface area contributed by atoms with Gasteiger partial charge in [-0.15, -0.1) is 0 Å². The summed E-state index contributed by atoms with van der Waals surface area (Å²) in [6.07, 6.45) is 67.2. The van der Waals surface area contributed by atoms with E-state index in [2.05, 4.69) is 80.8 Å². The van der Waals surface area contributed by atoms with Crippen molar-refractivity contribution in [2.75, 3.05) is 6.61 Å². The summed E-state index contributed by atoms with van der Waals surface area (Å²) in [6, 6.07) is -0.762. The van der Waals surface area contributed by atoms with Crippen molar-refractivity contribution < 1.29 is 24.5 Å². The molecular formula is C56H91NO5. The van der Waals surface area contributed by atoms with Gasteiger partial charge >= 0.3 is 5.97 Å². The van der Waals surface area contributed by atoms with Gasteiger partial charge in [0.1, 0.15) is 6.10 Å². The van der Waals surface area contributed by atoms with Gasteiger partial charge in [-0.05, 0) is 51.4 Å². The molecule has 0 aliphatic rings. The first kappa shape index (κ1) is 58.3. The Morgan fingerprint density at radius 1 is 0.516 bits per heavy atom.